The molecule has 14 nitrogen and oxygen atoms in total. The summed E-state index contributed by atoms with van der Waals surface area (Å²) in [6, 6.07) is -4.65. The van der Waals surface area contributed by atoms with Gasteiger partial charge in [0.2, 0.25) is 23.6 Å². The molecule has 1 aromatic heterocycles. The first-order valence-electron chi connectivity index (χ1n) is 11.8. The van der Waals surface area contributed by atoms with E-state index in [0.717, 1.165) is 0 Å². The monoisotopic (exact) mass is 510 g/mol. The Hall–Kier alpha value is -3.52. The number of hydrogen-bond acceptors (Lipinski definition) is 8. The third-order valence-electron chi connectivity index (χ3n) is 5.77. The minimum absolute atomic E-state index is 0.0592. The molecule has 36 heavy (non-hydrogen) atoms. The molecular formula is C22H38N8O6. The number of nitrogens with one attached hydrogen (secondary N) is 4. The van der Waals surface area contributed by atoms with Crippen molar-refractivity contribution in [1.82, 2.24) is 25.9 Å². The lowest BCUT2D eigenvalue weighted by Crippen LogP contribution is -2.58. The van der Waals surface area contributed by atoms with Crippen molar-refractivity contribution in [2.24, 2.45) is 23.1 Å². The molecule has 4 amide bonds. The minimum atomic E-state index is -1.58. The summed E-state index contributed by atoms with van der Waals surface area (Å²) in [6.07, 6.45) is 4.20. The van der Waals surface area contributed by atoms with E-state index in [2.05, 4.69) is 25.9 Å². The van der Waals surface area contributed by atoms with Crippen LogP contribution in [-0.4, -0.2) is 75.4 Å². The number of hydrogen-bond donors (Lipinski definition) is 8. The third-order valence-corrected chi connectivity index (χ3v) is 5.77. The average Bonchev–Trinajstić information content (AvgIpc) is 3.34. The van der Waals surface area contributed by atoms with E-state index in [4.69, 9.17) is 17.2 Å². The van der Waals surface area contributed by atoms with Crippen molar-refractivity contribution >= 4 is 29.6 Å². The Morgan fingerprint density at radius 3 is 2.17 bits per heavy atom. The van der Waals surface area contributed by atoms with Gasteiger partial charge in [-0.25, -0.2) is 9.78 Å². The molecule has 0 saturated carbocycles. The average molecular weight is 511 g/mol. The van der Waals surface area contributed by atoms with Gasteiger partial charge in [-0.2, -0.15) is 0 Å². The van der Waals surface area contributed by atoms with Gasteiger partial charge in [-0.15, -0.1) is 0 Å². The molecule has 0 fully saturated rings. The summed E-state index contributed by atoms with van der Waals surface area (Å²) in [4.78, 5) is 68.1. The number of H-pyrrole nitrogens is 1. The summed E-state index contributed by atoms with van der Waals surface area (Å²) in [5, 5.41) is 16.8. The molecule has 1 heterocycles. The number of carboxylic acid groups (broad SMARTS) is 1. The first kappa shape index (κ1) is 30.5. The van der Waals surface area contributed by atoms with Crippen LogP contribution < -0.4 is 33.2 Å². The molecule has 1 aromatic rings. The first-order valence-corrected chi connectivity index (χ1v) is 11.8. The highest BCUT2D eigenvalue weighted by atomic mass is 16.4. The lowest BCUT2D eigenvalue weighted by molar-refractivity contribution is -0.143. The SMILES string of the molecule is CCC(C)C(N)C(=O)NC(CCCCN)C(=O)NC(Cc1cnc[nH]1)C(=O)NC(CC(N)=O)C(=O)O. The Morgan fingerprint density at radius 2 is 1.64 bits per heavy atom. The normalized spacial score (nSPS) is 15.1. The zero-order chi connectivity index (χ0) is 27.3. The Balaban J connectivity index is 3.08. The predicted octanol–water partition coefficient (Wildman–Crippen LogP) is -2.13. The number of carbonyl (C=O) groups is 5. The largest absolute Gasteiger partial charge is 0.480 e. The van der Waals surface area contributed by atoms with Gasteiger partial charge in [0.15, 0.2) is 0 Å². The van der Waals surface area contributed by atoms with E-state index < -0.39 is 60.2 Å². The fourth-order valence-corrected chi connectivity index (χ4v) is 3.31. The molecule has 14 heteroatoms. The fourth-order valence-electron chi connectivity index (χ4n) is 3.31. The number of rotatable bonds is 17. The molecular weight excluding hydrogens is 472 g/mol. The second-order valence-electron chi connectivity index (χ2n) is 8.67. The van der Waals surface area contributed by atoms with Crippen LogP contribution in [0.1, 0.15) is 51.6 Å². The van der Waals surface area contributed by atoms with E-state index >= 15 is 0 Å². The van der Waals surface area contributed by atoms with Crippen molar-refractivity contribution in [3.05, 3.63) is 18.2 Å². The van der Waals surface area contributed by atoms with E-state index in [1.165, 1.54) is 12.5 Å². The summed E-state index contributed by atoms with van der Waals surface area (Å²) < 4.78 is 0. The van der Waals surface area contributed by atoms with Gasteiger partial charge in [0, 0.05) is 18.3 Å². The highest BCUT2D eigenvalue weighted by Crippen LogP contribution is 2.09. The molecule has 0 spiro atoms. The van der Waals surface area contributed by atoms with Crippen molar-refractivity contribution in [3.63, 3.8) is 0 Å². The zero-order valence-electron chi connectivity index (χ0n) is 20.7. The molecule has 0 saturated heterocycles. The molecule has 0 radical (unpaired) electrons. The van der Waals surface area contributed by atoms with E-state index in [1.807, 2.05) is 13.8 Å². The van der Waals surface area contributed by atoms with Crippen LogP contribution in [0, 0.1) is 5.92 Å². The number of unbranched alkanes of at least 4 members (excludes halogenated alkanes) is 1. The van der Waals surface area contributed by atoms with Crippen molar-refractivity contribution in [1.29, 1.82) is 0 Å². The molecule has 0 aliphatic carbocycles. The second kappa shape index (κ2) is 15.5. The molecule has 202 valence electrons. The highest BCUT2D eigenvalue weighted by molar-refractivity contribution is 5.95. The van der Waals surface area contributed by atoms with Crippen molar-refractivity contribution in [3.8, 4) is 0 Å². The van der Waals surface area contributed by atoms with Gasteiger partial charge in [-0.1, -0.05) is 20.3 Å². The number of nitrogens with zero attached hydrogens (tertiary/aromatic N) is 1. The summed E-state index contributed by atoms with van der Waals surface area (Å²) in [7, 11) is 0. The number of aromatic nitrogens is 2. The number of amides is 4. The maximum absolute atomic E-state index is 13.2. The smallest absolute Gasteiger partial charge is 0.326 e. The van der Waals surface area contributed by atoms with E-state index in [0.29, 0.717) is 31.5 Å². The number of aliphatic carboxylic acids is 1. The van der Waals surface area contributed by atoms with Crippen LogP contribution in [0.3, 0.4) is 0 Å². The van der Waals surface area contributed by atoms with Gasteiger partial charge in [0.05, 0.1) is 18.8 Å². The molecule has 0 aliphatic heterocycles. The van der Waals surface area contributed by atoms with Crippen LogP contribution in [0.5, 0.6) is 0 Å². The van der Waals surface area contributed by atoms with Crippen LogP contribution in [-0.2, 0) is 30.4 Å². The third kappa shape index (κ3) is 10.4. The summed E-state index contributed by atoms with van der Waals surface area (Å²) in [5.41, 5.74) is 17.1. The number of aromatic amines is 1. The van der Waals surface area contributed by atoms with Gasteiger partial charge < -0.3 is 43.2 Å². The van der Waals surface area contributed by atoms with Crippen LogP contribution in [0.2, 0.25) is 0 Å². The Kier molecular flexibility index (Phi) is 13.1. The predicted molar refractivity (Wildman–Crippen MR) is 130 cm³/mol. The molecule has 0 bridgehead atoms. The Bertz CT molecular complexity index is 878. The topological polar surface area (TPSA) is 248 Å². The van der Waals surface area contributed by atoms with Crippen molar-refractivity contribution < 1.29 is 29.1 Å². The second-order valence-corrected chi connectivity index (χ2v) is 8.67. The van der Waals surface area contributed by atoms with Crippen LogP contribution >= 0.6 is 0 Å². The van der Waals surface area contributed by atoms with Crippen LogP contribution in [0.4, 0.5) is 0 Å². The van der Waals surface area contributed by atoms with E-state index in [-0.39, 0.29) is 18.8 Å². The minimum Gasteiger partial charge on any atom is -0.480 e. The maximum atomic E-state index is 13.2. The van der Waals surface area contributed by atoms with Gasteiger partial charge in [-0.05, 0) is 31.7 Å². The van der Waals surface area contributed by atoms with Gasteiger partial charge >= 0.3 is 5.97 Å². The quantitative estimate of drug-likeness (QED) is 0.106. The molecule has 5 atom stereocenters. The summed E-state index contributed by atoms with van der Waals surface area (Å²) in [6.45, 7) is 4.12. The van der Waals surface area contributed by atoms with Crippen LogP contribution in [0.15, 0.2) is 12.5 Å². The van der Waals surface area contributed by atoms with Crippen molar-refractivity contribution in [2.75, 3.05) is 6.54 Å². The van der Waals surface area contributed by atoms with Crippen molar-refractivity contribution in [2.45, 2.75) is 76.5 Å². The lowest BCUT2D eigenvalue weighted by atomic mass is 9.98. The zero-order valence-corrected chi connectivity index (χ0v) is 20.7. The molecule has 5 unspecified atom stereocenters. The number of imidazole rings is 1. The van der Waals surface area contributed by atoms with E-state index in [1.54, 1.807) is 0 Å². The Labute approximate surface area is 209 Å². The Morgan fingerprint density at radius 1 is 1.03 bits per heavy atom. The number of carbonyl (C=O) groups excluding carboxylic acids is 4. The highest BCUT2D eigenvalue weighted by Gasteiger charge is 2.31. The van der Waals surface area contributed by atoms with Gasteiger partial charge in [0.1, 0.15) is 18.1 Å². The number of primary amides is 1. The van der Waals surface area contributed by atoms with Crippen LogP contribution in [0.25, 0.3) is 0 Å². The number of nitrogens with two attached hydrogens (primary N) is 3. The van der Waals surface area contributed by atoms with E-state index in [9.17, 15) is 29.1 Å². The standard InChI is InChI=1S/C22H38N8O6/c1-3-12(2)18(25)21(34)28-14(6-4-5-7-23)19(32)29-15(8-13-10-26-11-27-13)20(33)30-16(22(35)36)9-17(24)31/h10-12,14-16,18H,3-9,23,25H2,1-2H3,(H2,24,31)(H,26,27)(H,28,34)(H,29,32)(H,30,33)(H,35,36). The molecule has 0 aromatic carbocycles. The first-order chi connectivity index (χ1) is 17.0. The fraction of sp³-hybridized carbons (Fsp3) is 0.636. The summed E-state index contributed by atoms with van der Waals surface area (Å²) >= 11 is 0. The molecule has 0 aliphatic rings. The number of carboxylic acids is 1. The van der Waals surface area contributed by atoms with Gasteiger partial charge in [-0.3, -0.25) is 19.2 Å². The lowest BCUT2D eigenvalue weighted by Gasteiger charge is -2.26. The maximum Gasteiger partial charge on any atom is 0.326 e. The van der Waals surface area contributed by atoms with Gasteiger partial charge in [0.25, 0.3) is 0 Å². The molecule has 11 N–H and O–H groups in total. The molecule has 1 rings (SSSR count). The summed E-state index contributed by atoms with van der Waals surface area (Å²) in [5.74, 6) is -4.50.